The summed E-state index contributed by atoms with van der Waals surface area (Å²) in [5.41, 5.74) is 4.80. The summed E-state index contributed by atoms with van der Waals surface area (Å²) >= 11 is 0. The summed E-state index contributed by atoms with van der Waals surface area (Å²) < 4.78 is 0. The van der Waals surface area contributed by atoms with Gasteiger partial charge in [-0.15, -0.1) is 0 Å². The zero-order valence-corrected chi connectivity index (χ0v) is 10.9. The molecule has 0 amide bonds. The second kappa shape index (κ2) is 6.17. The highest BCUT2D eigenvalue weighted by Crippen LogP contribution is 2.20. The molecule has 1 heterocycles. The van der Waals surface area contributed by atoms with Crippen molar-refractivity contribution >= 4 is 0 Å². The molecule has 2 aromatic rings. The highest BCUT2D eigenvalue weighted by Gasteiger charge is 2.05. The maximum Gasteiger partial charge on any atom is 0.0695 e. The smallest absolute Gasteiger partial charge is 0.0695 e. The standard InChI is InChI=1S/C15H19N3/c1-12(2)8-9-16-10-14-11-17-18-15(14)13-6-4-3-5-7-13/h3-8,11,16H,9-10H2,1-2H3,(H,17,18). The molecule has 0 aliphatic carbocycles. The van der Waals surface area contributed by atoms with Crippen LogP contribution in [0.1, 0.15) is 19.4 Å². The van der Waals surface area contributed by atoms with Crippen molar-refractivity contribution in [2.75, 3.05) is 6.54 Å². The van der Waals surface area contributed by atoms with E-state index in [0.717, 1.165) is 18.8 Å². The highest BCUT2D eigenvalue weighted by molar-refractivity contribution is 5.62. The lowest BCUT2D eigenvalue weighted by Gasteiger charge is -2.04. The molecular formula is C15H19N3. The van der Waals surface area contributed by atoms with Gasteiger partial charge in [0.25, 0.3) is 0 Å². The van der Waals surface area contributed by atoms with Crippen LogP contribution in [0.3, 0.4) is 0 Å². The van der Waals surface area contributed by atoms with Gasteiger partial charge in [-0.05, 0) is 19.4 Å². The van der Waals surface area contributed by atoms with E-state index in [4.69, 9.17) is 0 Å². The Morgan fingerprint density at radius 1 is 1.28 bits per heavy atom. The van der Waals surface area contributed by atoms with E-state index >= 15 is 0 Å². The number of rotatable bonds is 5. The predicted molar refractivity (Wildman–Crippen MR) is 75.2 cm³/mol. The molecule has 1 aromatic heterocycles. The van der Waals surface area contributed by atoms with Crippen LogP contribution >= 0.6 is 0 Å². The third-order valence-corrected chi connectivity index (χ3v) is 2.75. The van der Waals surface area contributed by atoms with E-state index in [1.54, 1.807) is 0 Å². The minimum Gasteiger partial charge on any atom is -0.309 e. The molecule has 1 aromatic carbocycles. The second-order valence-corrected chi connectivity index (χ2v) is 4.55. The van der Waals surface area contributed by atoms with Gasteiger partial charge in [-0.3, -0.25) is 5.10 Å². The fraction of sp³-hybridized carbons (Fsp3) is 0.267. The largest absolute Gasteiger partial charge is 0.309 e. The van der Waals surface area contributed by atoms with Gasteiger partial charge < -0.3 is 5.32 Å². The Labute approximate surface area is 108 Å². The van der Waals surface area contributed by atoms with E-state index in [9.17, 15) is 0 Å². The molecule has 0 saturated carbocycles. The van der Waals surface area contributed by atoms with Crippen molar-refractivity contribution in [3.8, 4) is 11.3 Å². The average Bonchev–Trinajstić information content (AvgIpc) is 2.84. The first kappa shape index (κ1) is 12.6. The third-order valence-electron chi connectivity index (χ3n) is 2.75. The van der Waals surface area contributed by atoms with Gasteiger partial charge in [0.2, 0.25) is 0 Å². The van der Waals surface area contributed by atoms with Crippen molar-refractivity contribution in [2.45, 2.75) is 20.4 Å². The number of nitrogens with zero attached hydrogens (tertiary/aromatic N) is 1. The van der Waals surface area contributed by atoms with E-state index in [2.05, 4.69) is 47.6 Å². The van der Waals surface area contributed by atoms with Crippen LogP contribution in [0.25, 0.3) is 11.3 Å². The van der Waals surface area contributed by atoms with Crippen LogP contribution in [0.4, 0.5) is 0 Å². The quantitative estimate of drug-likeness (QED) is 0.623. The fourth-order valence-electron chi connectivity index (χ4n) is 1.78. The van der Waals surface area contributed by atoms with E-state index in [0.29, 0.717) is 0 Å². The molecule has 0 saturated heterocycles. The molecule has 94 valence electrons. The zero-order chi connectivity index (χ0) is 12.8. The summed E-state index contributed by atoms with van der Waals surface area (Å²) in [6.07, 6.45) is 4.07. The first-order chi connectivity index (χ1) is 8.77. The predicted octanol–water partition coefficient (Wildman–Crippen LogP) is 3.13. The van der Waals surface area contributed by atoms with Crippen LogP contribution in [0.2, 0.25) is 0 Å². The summed E-state index contributed by atoms with van der Waals surface area (Å²) in [5, 5.41) is 10.6. The number of benzene rings is 1. The molecule has 0 bridgehead atoms. The van der Waals surface area contributed by atoms with Crippen LogP contribution < -0.4 is 5.32 Å². The number of nitrogens with one attached hydrogen (secondary N) is 2. The van der Waals surface area contributed by atoms with Gasteiger partial charge in [0.05, 0.1) is 11.9 Å². The lowest BCUT2D eigenvalue weighted by atomic mass is 10.1. The number of aromatic amines is 1. The number of H-pyrrole nitrogens is 1. The van der Waals surface area contributed by atoms with Gasteiger partial charge in [0.15, 0.2) is 0 Å². The monoisotopic (exact) mass is 241 g/mol. The number of aromatic nitrogens is 2. The van der Waals surface area contributed by atoms with Gasteiger partial charge >= 0.3 is 0 Å². The Morgan fingerprint density at radius 2 is 2.06 bits per heavy atom. The SMILES string of the molecule is CC(C)=CCNCc1cn[nH]c1-c1ccccc1. The molecule has 0 fully saturated rings. The van der Waals surface area contributed by atoms with Gasteiger partial charge in [0.1, 0.15) is 0 Å². The van der Waals surface area contributed by atoms with Crippen molar-refractivity contribution in [1.29, 1.82) is 0 Å². The van der Waals surface area contributed by atoms with Gasteiger partial charge in [-0.25, -0.2) is 0 Å². The van der Waals surface area contributed by atoms with Crippen LogP contribution in [-0.4, -0.2) is 16.7 Å². The van der Waals surface area contributed by atoms with Crippen molar-refractivity contribution in [3.63, 3.8) is 0 Å². The Bertz CT molecular complexity index is 508. The topological polar surface area (TPSA) is 40.7 Å². The van der Waals surface area contributed by atoms with Crippen molar-refractivity contribution < 1.29 is 0 Å². The number of hydrogen-bond donors (Lipinski definition) is 2. The fourth-order valence-corrected chi connectivity index (χ4v) is 1.78. The maximum atomic E-state index is 4.13. The van der Waals surface area contributed by atoms with Crippen molar-refractivity contribution in [3.05, 3.63) is 53.7 Å². The molecule has 0 spiro atoms. The molecule has 0 aliphatic rings. The van der Waals surface area contributed by atoms with Gasteiger partial charge in [-0.2, -0.15) is 5.10 Å². The highest BCUT2D eigenvalue weighted by atomic mass is 15.1. The Hall–Kier alpha value is -1.87. The molecule has 2 N–H and O–H groups in total. The molecule has 18 heavy (non-hydrogen) atoms. The maximum absolute atomic E-state index is 4.13. The van der Waals surface area contributed by atoms with Gasteiger partial charge in [0, 0.05) is 18.7 Å². The first-order valence-electron chi connectivity index (χ1n) is 6.19. The lowest BCUT2D eigenvalue weighted by molar-refractivity contribution is 0.758. The Morgan fingerprint density at radius 3 is 2.78 bits per heavy atom. The van der Waals surface area contributed by atoms with E-state index in [1.807, 2.05) is 24.4 Å². The van der Waals surface area contributed by atoms with E-state index in [1.165, 1.54) is 16.7 Å². The molecule has 0 unspecified atom stereocenters. The summed E-state index contributed by atoms with van der Waals surface area (Å²) in [7, 11) is 0. The summed E-state index contributed by atoms with van der Waals surface area (Å²) in [6.45, 7) is 5.93. The summed E-state index contributed by atoms with van der Waals surface area (Å²) in [4.78, 5) is 0. The van der Waals surface area contributed by atoms with Gasteiger partial charge in [-0.1, -0.05) is 42.0 Å². The van der Waals surface area contributed by atoms with E-state index < -0.39 is 0 Å². The lowest BCUT2D eigenvalue weighted by Crippen LogP contribution is -2.13. The minimum atomic E-state index is 0.824. The van der Waals surface area contributed by atoms with Crippen LogP contribution in [0, 0.1) is 0 Å². The minimum absolute atomic E-state index is 0.824. The molecule has 0 radical (unpaired) electrons. The average molecular weight is 241 g/mol. The molecule has 2 rings (SSSR count). The molecule has 0 aliphatic heterocycles. The van der Waals surface area contributed by atoms with Crippen LogP contribution in [-0.2, 0) is 6.54 Å². The number of allylic oxidation sites excluding steroid dienone is 1. The summed E-state index contributed by atoms with van der Waals surface area (Å²) in [5.74, 6) is 0. The Balaban J connectivity index is 2.03. The third kappa shape index (κ3) is 3.31. The normalized spacial score (nSPS) is 10.3. The molecule has 0 atom stereocenters. The number of hydrogen-bond acceptors (Lipinski definition) is 2. The van der Waals surface area contributed by atoms with Crippen LogP contribution in [0.5, 0.6) is 0 Å². The summed E-state index contributed by atoms with van der Waals surface area (Å²) in [6, 6.07) is 10.3. The Kier molecular flexibility index (Phi) is 4.31. The molecule has 3 heteroatoms. The van der Waals surface area contributed by atoms with Crippen molar-refractivity contribution in [2.24, 2.45) is 0 Å². The van der Waals surface area contributed by atoms with Crippen LogP contribution in [0.15, 0.2) is 48.2 Å². The van der Waals surface area contributed by atoms with E-state index in [-0.39, 0.29) is 0 Å². The second-order valence-electron chi connectivity index (χ2n) is 4.55. The molecular weight excluding hydrogens is 222 g/mol. The first-order valence-corrected chi connectivity index (χ1v) is 6.19. The molecule has 3 nitrogen and oxygen atoms in total. The zero-order valence-electron chi connectivity index (χ0n) is 10.9. The van der Waals surface area contributed by atoms with Crippen molar-refractivity contribution in [1.82, 2.24) is 15.5 Å².